The maximum absolute atomic E-state index is 5.23. The zero-order valence-corrected chi connectivity index (χ0v) is 6.81. The molecule has 0 aliphatic carbocycles. The van der Waals surface area contributed by atoms with Gasteiger partial charge in [-0.3, -0.25) is 3.53 Å². The second kappa shape index (κ2) is 9.55. The fourth-order valence-electron chi connectivity index (χ4n) is 0.0357. The first-order valence-corrected chi connectivity index (χ1v) is 2.92. The van der Waals surface area contributed by atoms with E-state index in [1.54, 1.807) is 0 Å². The largest absolute Gasteiger partial charge is 0.260 e. The number of nitrogens with one attached hydrogen (secondary N) is 1. The number of hydrogen-bond acceptors (Lipinski definition) is 1. The maximum atomic E-state index is 5.23. The molecule has 0 spiro atoms. The van der Waals surface area contributed by atoms with Gasteiger partial charge in [-0.05, 0) is 0 Å². The van der Waals surface area contributed by atoms with Crippen molar-refractivity contribution >= 4 is 46.9 Å². The van der Waals surface area contributed by atoms with Gasteiger partial charge in [0.05, 0.1) is 0 Å². The lowest BCUT2D eigenvalue weighted by Crippen LogP contribution is -1.99. The zero-order valence-electron chi connectivity index (χ0n) is 3.08. The van der Waals surface area contributed by atoms with Gasteiger partial charge in [0.25, 0.3) is 0 Å². The van der Waals surface area contributed by atoms with E-state index in [1.807, 2.05) is 0 Å². The van der Waals surface area contributed by atoms with Crippen LogP contribution in [-0.2, 0) is 0 Å². The Labute approximate surface area is 62.7 Å². The smallest absolute Gasteiger partial charge is 0.0356 e. The molecule has 1 nitrogen and oxygen atoms in total. The SMILES string of the molecule is Cl.ClCCNI. The Morgan fingerprint density at radius 2 is 2.17 bits per heavy atom. The third-order valence-corrected chi connectivity index (χ3v) is 0.917. The Balaban J connectivity index is 0. The van der Waals surface area contributed by atoms with Crippen LogP contribution in [0.1, 0.15) is 0 Å². The summed E-state index contributed by atoms with van der Waals surface area (Å²) in [5.41, 5.74) is 0. The van der Waals surface area contributed by atoms with Crippen LogP contribution in [0.4, 0.5) is 0 Å². The van der Waals surface area contributed by atoms with Gasteiger partial charge in [0, 0.05) is 35.3 Å². The monoisotopic (exact) mass is 241 g/mol. The molecule has 0 aliphatic rings. The molecule has 0 saturated heterocycles. The molecule has 0 unspecified atom stereocenters. The minimum atomic E-state index is 0. The summed E-state index contributed by atoms with van der Waals surface area (Å²) in [4.78, 5) is 0. The quantitative estimate of drug-likeness (QED) is 0.440. The summed E-state index contributed by atoms with van der Waals surface area (Å²) in [5, 5.41) is 0. The van der Waals surface area contributed by atoms with Crippen LogP contribution in [0.15, 0.2) is 0 Å². The van der Waals surface area contributed by atoms with Crippen LogP contribution >= 0.6 is 46.9 Å². The van der Waals surface area contributed by atoms with Gasteiger partial charge in [-0.1, -0.05) is 0 Å². The molecule has 1 N–H and O–H groups in total. The predicted molar refractivity (Wildman–Crippen MR) is 40.0 cm³/mol. The van der Waals surface area contributed by atoms with Crippen molar-refractivity contribution in [1.82, 2.24) is 3.53 Å². The molecule has 0 aromatic carbocycles. The van der Waals surface area contributed by atoms with Gasteiger partial charge < -0.3 is 0 Å². The fourth-order valence-corrected chi connectivity index (χ4v) is 0.719. The Morgan fingerprint density at radius 1 is 1.67 bits per heavy atom. The molecule has 0 bridgehead atoms. The molecule has 6 heavy (non-hydrogen) atoms. The summed E-state index contributed by atoms with van der Waals surface area (Å²) in [6.07, 6.45) is 0. The Morgan fingerprint density at radius 3 is 2.17 bits per heavy atom. The lowest BCUT2D eigenvalue weighted by atomic mass is 10.8. The minimum Gasteiger partial charge on any atom is -0.260 e. The Bertz CT molecular complexity index is 19.0. The van der Waals surface area contributed by atoms with E-state index < -0.39 is 0 Å². The summed E-state index contributed by atoms with van der Waals surface area (Å²) >= 11 is 7.29. The normalized spacial score (nSPS) is 7.00. The average molecular weight is 242 g/mol. The number of halogens is 3. The van der Waals surface area contributed by atoms with E-state index in [2.05, 4.69) is 26.4 Å². The predicted octanol–water partition coefficient (Wildman–Crippen LogP) is 1.59. The van der Waals surface area contributed by atoms with Gasteiger partial charge in [0.1, 0.15) is 0 Å². The molecule has 0 radical (unpaired) electrons. The standard InChI is InChI=1S/C2H5ClIN.ClH/c3-1-2-5-4;/h5H,1-2H2;1H. The van der Waals surface area contributed by atoms with Gasteiger partial charge in [0.15, 0.2) is 0 Å². The van der Waals surface area contributed by atoms with Gasteiger partial charge in [0.2, 0.25) is 0 Å². The number of hydrogen-bond donors (Lipinski definition) is 1. The van der Waals surface area contributed by atoms with Crippen molar-refractivity contribution in [2.24, 2.45) is 0 Å². The van der Waals surface area contributed by atoms with E-state index in [1.165, 1.54) is 0 Å². The maximum Gasteiger partial charge on any atom is 0.0356 e. The van der Waals surface area contributed by atoms with Crippen molar-refractivity contribution in [2.75, 3.05) is 12.4 Å². The van der Waals surface area contributed by atoms with Crippen molar-refractivity contribution < 1.29 is 0 Å². The minimum absolute atomic E-state index is 0. The topological polar surface area (TPSA) is 12.0 Å². The first kappa shape index (κ1) is 10.3. The van der Waals surface area contributed by atoms with E-state index in [-0.39, 0.29) is 12.4 Å². The zero-order chi connectivity index (χ0) is 4.12. The van der Waals surface area contributed by atoms with Gasteiger partial charge in [-0.25, -0.2) is 0 Å². The molecule has 0 aliphatic heterocycles. The van der Waals surface area contributed by atoms with E-state index >= 15 is 0 Å². The average Bonchev–Trinajstić information content (AvgIpc) is 1.41. The van der Waals surface area contributed by atoms with Crippen molar-refractivity contribution in [1.29, 1.82) is 0 Å². The summed E-state index contributed by atoms with van der Waals surface area (Å²) in [5.74, 6) is 0.697. The molecule has 0 rings (SSSR count). The highest BCUT2D eigenvalue weighted by Gasteiger charge is 1.68. The van der Waals surface area contributed by atoms with Crippen molar-refractivity contribution in [3.63, 3.8) is 0 Å². The lowest BCUT2D eigenvalue weighted by molar-refractivity contribution is 1.08. The first-order chi connectivity index (χ1) is 2.41. The van der Waals surface area contributed by atoms with Gasteiger partial charge in [-0.2, -0.15) is 0 Å². The summed E-state index contributed by atoms with van der Waals surface area (Å²) in [6.45, 7) is 0.891. The number of rotatable bonds is 2. The molecule has 0 aromatic heterocycles. The second-order valence-corrected chi connectivity index (χ2v) is 1.71. The third kappa shape index (κ3) is 8.99. The van der Waals surface area contributed by atoms with Crippen molar-refractivity contribution in [3.05, 3.63) is 0 Å². The van der Waals surface area contributed by atoms with Crippen LogP contribution in [0.2, 0.25) is 0 Å². The Kier molecular flexibility index (Phi) is 16.4. The highest BCUT2D eigenvalue weighted by Crippen LogP contribution is 1.71. The third-order valence-electron chi connectivity index (χ3n) is 0.189. The molecule has 0 atom stereocenters. The van der Waals surface area contributed by atoms with Crippen molar-refractivity contribution in [2.45, 2.75) is 0 Å². The van der Waals surface area contributed by atoms with Gasteiger partial charge >= 0.3 is 0 Å². The summed E-state index contributed by atoms with van der Waals surface area (Å²) < 4.78 is 2.86. The van der Waals surface area contributed by atoms with Crippen LogP contribution in [0.5, 0.6) is 0 Å². The lowest BCUT2D eigenvalue weighted by Gasteiger charge is -1.80. The van der Waals surface area contributed by atoms with E-state index in [0.29, 0.717) is 5.88 Å². The fraction of sp³-hybridized carbons (Fsp3) is 1.00. The molecular formula is C2H6Cl2IN. The van der Waals surface area contributed by atoms with Gasteiger partial charge in [-0.15, -0.1) is 24.0 Å². The highest BCUT2D eigenvalue weighted by molar-refractivity contribution is 14.1. The number of alkyl halides is 1. The molecule has 0 saturated carbocycles. The van der Waals surface area contributed by atoms with Crippen LogP contribution in [0.25, 0.3) is 0 Å². The second-order valence-electron chi connectivity index (χ2n) is 0.573. The molecule has 0 fully saturated rings. The molecule has 0 amide bonds. The van der Waals surface area contributed by atoms with Crippen molar-refractivity contribution in [3.8, 4) is 0 Å². The highest BCUT2D eigenvalue weighted by atomic mass is 127. The van der Waals surface area contributed by atoms with E-state index in [0.717, 1.165) is 6.54 Å². The molecular weight excluding hydrogens is 236 g/mol. The van der Waals surface area contributed by atoms with E-state index in [4.69, 9.17) is 11.6 Å². The molecule has 0 aromatic rings. The molecule has 40 valence electrons. The van der Waals surface area contributed by atoms with E-state index in [9.17, 15) is 0 Å². The Hall–Kier alpha value is 1.27. The first-order valence-electron chi connectivity index (χ1n) is 1.31. The van der Waals surface area contributed by atoms with Crippen LogP contribution in [0.3, 0.4) is 0 Å². The van der Waals surface area contributed by atoms with Crippen LogP contribution in [-0.4, -0.2) is 12.4 Å². The van der Waals surface area contributed by atoms with Crippen LogP contribution in [0, 0.1) is 0 Å². The van der Waals surface area contributed by atoms with Crippen LogP contribution < -0.4 is 3.53 Å². The summed E-state index contributed by atoms with van der Waals surface area (Å²) in [6, 6.07) is 0. The molecule has 0 heterocycles. The molecule has 4 heteroatoms. The summed E-state index contributed by atoms with van der Waals surface area (Å²) in [7, 11) is 0.